The quantitative estimate of drug-likeness (QED) is 0.0645. The number of methoxy groups -OCH3 is 1. The summed E-state index contributed by atoms with van der Waals surface area (Å²) in [5, 5.41) is 32.2. The van der Waals surface area contributed by atoms with Crippen LogP contribution in [0.3, 0.4) is 0 Å². The van der Waals surface area contributed by atoms with Crippen LogP contribution in [0.25, 0.3) is 0 Å². The third-order valence-corrected chi connectivity index (χ3v) is 4.24. The first-order chi connectivity index (χ1) is 16.0. The van der Waals surface area contributed by atoms with Gasteiger partial charge in [0.05, 0.1) is 25.8 Å². The number of ether oxygens (including phenoxy) is 4. The molecule has 5 atom stereocenters. The summed E-state index contributed by atoms with van der Waals surface area (Å²) in [5.74, 6) is -3.53. The van der Waals surface area contributed by atoms with Gasteiger partial charge in [0.2, 0.25) is 5.76 Å². The maximum absolute atomic E-state index is 14.7. The Balaban J connectivity index is 3.07. The summed E-state index contributed by atoms with van der Waals surface area (Å²) in [6.45, 7) is 0.0350. The number of alkyl carbamates (subject to hydrolysis) is 2. The molecule has 0 aromatic carbocycles. The molecule has 1 heterocycles. The van der Waals surface area contributed by atoms with E-state index in [0.29, 0.717) is 0 Å². The number of esters is 1. The predicted octanol–water partition coefficient (Wildman–Crippen LogP) is -1.87. The van der Waals surface area contributed by atoms with E-state index in [4.69, 9.17) is 25.1 Å². The summed E-state index contributed by atoms with van der Waals surface area (Å²) >= 11 is 0. The van der Waals surface area contributed by atoms with E-state index >= 15 is 0 Å². The molecule has 0 aromatic rings. The topological polar surface area (TPSA) is 228 Å². The molecule has 15 nitrogen and oxygen atoms in total. The normalized spacial score (nSPS) is 21.7. The van der Waals surface area contributed by atoms with Crippen LogP contribution in [0.5, 0.6) is 0 Å². The molecule has 2 amide bonds. The van der Waals surface area contributed by atoms with E-state index < -0.39 is 72.9 Å². The van der Waals surface area contributed by atoms with Crippen molar-refractivity contribution in [2.45, 2.75) is 43.8 Å². The molecule has 0 bridgehead atoms. The van der Waals surface area contributed by atoms with Gasteiger partial charge in [-0.1, -0.05) is 6.92 Å². The summed E-state index contributed by atoms with van der Waals surface area (Å²) in [5.41, 5.74) is 5.64. The Bertz CT molecular complexity index is 807. The standard InChI is InChI=1S/C18H27FN4O11/c1-3-11(26)32-4-5-33-18(30)23-16(20)21-8-6-10(15(27)28)34-14(12(19)9(25)7-24)13(8)22-17(29)31-2/h6,8-9,12-14,24-25H,3-5,7H2,1-2H3,(H,22,29)(H,27,28)(H3,20,21,23,30)/t8-,9-,12?,13-,14-/m1/s1. The zero-order valence-corrected chi connectivity index (χ0v) is 18.3. The number of nitrogens with zero attached hydrogens (tertiary/aromatic N) is 1. The number of carboxylic acids is 1. The lowest BCUT2D eigenvalue weighted by molar-refractivity contribution is -0.144. The van der Waals surface area contributed by atoms with Crippen molar-refractivity contribution < 1.29 is 57.8 Å². The maximum Gasteiger partial charge on any atom is 0.414 e. The second-order valence-corrected chi connectivity index (χ2v) is 6.61. The fourth-order valence-corrected chi connectivity index (χ4v) is 2.62. The van der Waals surface area contributed by atoms with Crippen molar-refractivity contribution in [2.24, 2.45) is 10.7 Å². The van der Waals surface area contributed by atoms with Gasteiger partial charge in [-0.15, -0.1) is 0 Å². The number of halogens is 1. The van der Waals surface area contributed by atoms with Crippen LogP contribution in [0.1, 0.15) is 13.3 Å². The monoisotopic (exact) mass is 494 g/mol. The number of amides is 2. The average molecular weight is 494 g/mol. The highest BCUT2D eigenvalue weighted by Gasteiger charge is 2.45. The van der Waals surface area contributed by atoms with Crippen molar-refractivity contribution >= 4 is 30.1 Å². The number of rotatable bonds is 10. The number of aliphatic imine (C=N–C) groups is 1. The van der Waals surface area contributed by atoms with E-state index in [2.05, 4.69) is 15.0 Å². The number of alkyl halides is 1. The summed E-state index contributed by atoms with van der Waals surface area (Å²) in [7, 11) is 1.00. The van der Waals surface area contributed by atoms with Crippen LogP contribution in [-0.2, 0) is 28.5 Å². The van der Waals surface area contributed by atoms with Crippen molar-refractivity contribution in [3.05, 3.63) is 11.8 Å². The number of nitrogens with one attached hydrogen (secondary N) is 2. The molecule has 0 spiro atoms. The minimum Gasteiger partial charge on any atom is -0.478 e. The third-order valence-electron chi connectivity index (χ3n) is 4.24. The van der Waals surface area contributed by atoms with E-state index in [1.165, 1.54) is 0 Å². The number of guanidine groups is 1. The van der Waals surface area contributed by atoms with Gasteiger partial charge < -0.3 is 45.3 Å². The molecule has 7 N–H and O–H groups in total. The highest BCUT2D eigenvalue weighted by Crippen LogP contribution is 2.26. The van der Waals surface area contributed by atoms with E-state index in [-0.39, 0.29) is 19.6 Å². The average Bonchev–Trinajstić information content (AvgIpc) is 2.80. The SMILES string of the molecule is CCC(=O)OCCOC(=O)NC(N)=N[C@@H]1C=C(C(=O)O)O[C@H](C(F)[C@H](O)CO)[C@@H]1NC(=O)OC. The second kappa shape index (κ2) is 13.8. The molecule has 0 aliphatic carbocycles. The number of hydrogen-bond donors (Lipinski definition) is 6. The largest absolute Gasteiger partial charge is 0.478 e. The first-order valence-corrected chi connectivity index (χ1v) is 9.85. The molecule has 0 radical (unpaired) electrons. The summed E-state index contributed by atoms with van der Waals surface area (Å²) in [4.78, 5) is 49.9. The van der Waals surface area contributed by atoms with Crippen LogP contribution in [0.4, 0.5) is 14.0 Å². The minimum atomic E-state index is -2.38. The van der Waals surface area contributed by atoms with Crippen molar-refractivity contribution in [1.29, 1.82) is 0 Å². The zero-order valence-electron chi connectivity index (χ0n) is 18.3. The molecule has 0 fully saturated rings. The van der Waals surface area contributed by atoms with Gasteiger partial charge in [-0.3, -0.25) is 10.1 Å². The van der Waals surface area contributed by atoms with Gasteiger partial charge in [-0.25, -0.2) is 23.8 Å². The van der Waals surface area contributed by atoms with Crippen molar-refractivity contribution in [1.82, 2.24) is 10.6 Å². The Labute approximate surface area is 192 Å². The van der Waals surface area contributed by atoms with E-state index in [0.717, 1.165) is 13.2 Å². The maximum atomic E-state index is 14.7. The molecular formula is C18H27FN4O11. The van der Waals surface area contributed by atoms with Crippen molar-refractivity contribution in [2.75, 3.05) is 26.9 Å². The van der Waals surface area contributed by atoms with Crippen molar-refractivity contribution in [3.8, 4) is 0 Å². The molecule has 0 saturated carbocycles. The van der Waals surface area contributed by atoms with E-state index in [1.54, 1.807) is 6.92 Å². The Kier molecular flexibility index (Phi) is 11.5. The van der Waals surface area contributed by atoms with Crippen LogP contribution in [0.2, 0.25) is 0 Å². The van der Waals surface area contributed by atoms with Crippen LogP contribution in [-0.4, -0.2) is 103 Å². The molecule has 16 heteroatoms. The molecule has 192 valence electrons. The first kappa shape index (κ1) is 28.4. The van der Waals surface area contributed by atoms with Crippen molar-refractivity contribution in [3.63, 3.8) is 0 Å². The fraction of sp³-hybridized carbons (Fsp3) is 0.611. The molecule has 1 aliphatic rings. The Morgan fingerprint density at radius 1 is 1.26 bits per heavy atom. The number of carboxylic acid groups (broad SMARTS) is 1. The van der Waals surface area contributed by atoms with E-state index in [9.17, 15) is 33.8 Å². The number of carbonyl (C=O) groups excluding carboxylic acids is 3. The van der Waals surface area contributed by atoms with Gasteiger partial charge in [0.25, 0.3) is 0 Å². The molecule has 34 heavy (non-hydrogen) atoms. The lowest BCUT2D eigenvalue weighted by atomic mass is 9.93. The number of carbonyl (C=O) groups is 4. The fourth-order valence-electron chi connectivity index (χ4n) is 2.62. The Morgan fingerprint density at radius 2 is 1.91 bits per heavy atom. The first-order valence-electron chi connectivity index (χ1n) is 9.85. The zero-order chi connectivity index (χ0) is 25.8. The summed E-state index contributed by atoms with van der Waals surface area (Å²) < 4.78 is 33.7. The molecule has 1 aliphatic heterocycles. The van der Waals surface area contributed by atoms with Crippen LogP contribution in [0.15, 0.2) is 16.8 Å². The number of nitrogens with two attached hydrogens (primary N) is 1. The molecule has 1 unspecified atom stereocenters. The number of aliphatic hydroxyl groups is 2. The molecule has 0 aromatic heterocycles. The lowest BCUT2D eigenvalue weighted by Gasteiger charge is -2.37. The highest BCUT2D eigenvalue weighted by molar-refractivity contribution is 5.93. The molecule has 1 rings (SSSR count). The number of hydrogen-bond acceptors (Lipinski definition) is 11. The lowest BCUT2D eigenvalue weighted by Crippen LogP contribution is -2.59. The predicted molar refractivity (Wildman–Crippen MR) is 109 cm³/mol. The highest BCUT2D eigenvalue weighted by atomic mass is 19.1. The van der Waals surface area contributed by atoms with Crippen LogP contribution < -0.4 is 16.4 Å². The van der Waals surface area contributed by atoms with Gasteiger partial charge in [0.1, 0.15) is 19.3 Å². The van der Waals surface area contributed by atoms with Crippen LogP contribution >= 0.6 is 0 Å². The van der Waals surface area contributed by atoms with E-state index in [1.807, 2.05) is 5.32 Å². The summed E-state index contributed by atoms with van der Waals surface area (Å²) in [6.07, 6.45) is -7.38. The van der Waals surface area contributed by atoms with Gasteiger partial charge in [0, 0.05) is 6.42 Å². The van der Waals surface area contributed by atoms with Gasteiger partial charge >= 0.3 is 24.1 Å². The van der Waals surface area contributed by atoms with Gasteiger partial charge in [0.15, 0.2) is 18.2 Å². The molecule has 0 saturated heterocycles. The number of aliphatic carboxylic acids is 1. The van der Waals surface area contributed by atoms with Gasteiger partial charge in [-0.05, 0) is 6.08 Å². The van der Waals surface area contributed by atoms with Crippen LogP contribution in [0, 0.1) is 0 Å². The third kappa shape index (κ3) is 8.70. The summed E-state index contributed by atoms with van der Waals surface area (Å²) in [6, 6.07) is -2.92. The Morgan fingerprint density at radius 3 is 2.47 bits per heavy atom. The minimum absolute atomic E-state index is 0.138. The number of aliphatic hydroxyl groups excluding tert-OH is 2. The Hall–Kier alpha value is -3.66. The van der Waals surface area contributed by atoms with Gasteiger partial charge in [-0.2, -0.15) is 0 Å². The second-order valence-electron chi connectivity index (χ2n) is 6.61. The smallest absolute Gasteiger partial charge is 0.414 e. The molecular weight excluding hydrogens is 467 g/mol.